The molecule has 1 unspecified atom stereocenters. The molecule has 1 aromatic rings. The molecule has 5 nitrogen and oxygen atoms in total. The van der Waals surface area contributed by atoms with E-state index in [1.807, 2.05) is 13.0 Å². The molecule has 17 heavy (non-hydrogen) atoms. The van der Waals surface area contributed by atoms with Gasteiger partial charge in [0.15, 0.2) is 0 Å². The summed E-state index contributed by atoms with van der Waals surface area (Å²) in [6.07, 6.45) is 0.228. The molecule has 0 spiro atoms. The van der Waals surface area contributed by atoms with Gasteiger partial charge in [0.25, 0.3) is 0 Å². The van der Waals surface area contributed by atoms with Crippen LogP contribution in [0.25, 0.3) is 0 Å². The monoisotopic (exact) mass is 236 g/mol. The van der Waals surface area contributed by atoms with Crippen molar-refractivity contribution in [3.8, 4) is 0 Å². The first-order chi connectivity index (χ1) is 8.15. The maximum atomic E-state index is 10.8. The van der Waals surface area contributed by atoms with Crippen LogP contribution in [0.3, 0.4) is 0 Å². The number of nitrogens with zero attached hydrogens (tertiary/aromatic N) is 2. The Bertz CT molecular complexity index is 408. The second-order valence-electron chi connectivity index (χ2n) is 4.24. The van der Waals surface area contributed by atoms with Crippen molar-refractivity contribution in [2.45, 2.75) is 19.6 Å². The minimum Gasteiger partial charge on any atom is -0.477 e. The third-order valence-corrected chi connectivity index (χ3v) is 2.74. The summed E-state index contributed by atoms with van der Waals surface area (Å²) < 4.78 is 5.45. The second kappa shape index (κ2) is 5.25. The number of carboxylic acids is 1. The van der Waals surface area contributed by atoms with Crippen LogP contribution in [0.5, 0.6) is 0 Å². The molecule has 0 radical (unpaired) electrons. The number of aromatic nitrogens is 1. The number of ether oxygens (including phenoxy) is 1. The SMILES string of the molecule is CC1CN(Cc2cccc(C(=O)O)n2)CCO1. The van der Waals surface area contributed by atoms with Gasteiger partial charge in [0.05, 0.1) is 18.4 Å². The van der Waals surface area contributed by atoms with E-state index in [1.165, 1.54) is 6.07 Å². The van der Waals surface area contributed by atoms with Crippen LogP contribution in [0.4, 0.5) is 0 Å². The molecular weight excluding hydrogens is 220 g/mol. The molecule has 1 aliphatic heterocycles. The maximum absolute atomic E-state index is 10.8. The Kier molecular flexibility index (Phi) is 3.71. The fourth-order valence-corrected chi connectivity index (χ4v) is 1.95. The molecule has 1 saturated heterocycles. The highest BCUT2D eigenvalue weighted by atomic mass is 16.5. The Morgan fingerprint density at radius 3 is 3.18 bits per heavy atom. The molecule has 0 aliphatic carbocycles. The zero-order valence-electron chi connectivity index (χ0n) is 9.80. The molecule has 92 valence electrons. The van der Waals surface area contributed by atoms with Crippen LogP contribution in [0, 0.1) is 0 Å². The van der Waals surface area contributed by atoms with Crippen molar-refractivity contribution in [3.63, 3.8) is 0 Å². The second-order valence-corrected chi connectivity index (χ2v) is 4.24. The van der Waals surface area contributed by atoms with Crippen molar-refractivity contribution in [1.82, 2.24) is 9.88 Å². The van der Waals surface area contributed by atoms with Crippen molar-refractivity contribution in [2.75, 3.05) is 19.7 Å². The van der Waals surface area contributed by atoms with Crippen molar-refractivity contribution >= 4 is 5.97 Å². The number of carbonyl (C=O) groups is 1. The van der Waals surface area contributed by atoms with Gasteiger partial charge in [-0.2, -0.15) is 0 Å². The molecule has 5 heteroatoms. The number of hydrogen-bond acceptors (Lipinski definition) is 4. The van der Waals surface area contributed by atoms with Crippen LogP contribution in [0.15, 0.2) is 18.2 Å². The van der Waals surface area contributed by atoms with Gasteiger partial charge in [-0.05, 0) is 19.1 Å². The normalized spacial score (nSPS) is 21.4. The molecule has 1 fully saturated rings. The van der Waals surface area contributed by atoms with Gasteiger partial charge in [0.1, 0.15) is 5.69 Å². The lowest BCUT2D eigenvalue weighted by Gasteiger charge is -2.30. The Hall–Kier alpha value is -1.46. The zero-order chi connectivity index (χ0) is 12.3. The Morgan fingerprint density at radius 1 is 1.65 bits per heavy atom. The Morgan fingerprint density at radius 2 is 2.47 bits per heavy atom. The predicted molar refractivity (Wildman–Crippen MR) is 61.9 cm³/mol. The summed E-state index contributed by atoms with van der Waals surface area (Å²) >= 11 is 0. The highest BCUT2D eigenvalue weighted by Gasteiger charge is 2.17. The third kappa shape index (κ3) is 3.25. The molecule has 0 amide bonds. The summed E-state index contributed by atoms with van der Waals surface area (Å²) in [6.45, 7) is 5.16. The van der Waals surface area contributed by atoms with E-state index in [4.69, 9.17) is 9.84 Å². The lowest BCUT2D eigenvalue weighted by Crippen LogP contribution is -2.40. The van der Waals surface area contributed by atoms with E-state index < -0.39 is 5.97 Å². The number of morpholine rings is 1. The quantitative estimate of drug-likeness (QED) is 0.848. The molecule has 2 rings (SSSR count). The van der Waals surface area contributed by atoms with Crippen molar-refractivity contribution < 1.29 is 14.6 Å². The average molecular weight is 236 g/mol. The molecule has 0 saturated carbocycles. The fourth-order valence-electron chi connectivity index (χ4n) is 1.95. The first kappa shape index (κ1) is 12.0. The largest absolute Gasteiger partial charge is 0.477 e. The number of carboxylic acid groups (broad SMARTS) is 1. The van der Waals surface area contributed by atoms with E-state index in [9.17, 15) is 4.79 Å². The summed E-state index contributed by atoms with van der Waals surface area (Å²) in [4.78, 5) is 17.1. The highest BCUT2D eigenvalue weighted by Crippen LogP contribution is 2.09. The molecular formula is C12H16N2O3. The summed E-state index contributed by atoms with van der Waals surface area (Å²) in [5.41, 5.74) is 0.891. The first-order valence-corrected chi connectivity index (χ1v) is 5.68. The maximum Gasteiger partial charge on any atom is 0.354 e. The number of pyridine rings is 1. The van der Waals surface area contributed by atoms with Crippen molar-refractivity contribution in [1.29, 1.82) is 0 Å². The molecule has 1 aromatic heterocycles. The van der Waals surface area contributed by atoms with Crippen LogP contribution in [0.2, 0.25) is 0 Å². The fraction of sp³-hybridized carbons (Fsp3) is 0.500. The third-order valence-electron chi connectivity index (χ3n) is 2.74. The zero-order valence-corrected chi connectivity index (χ0v) is 9.80. The van der Waals surface area contributed by atoms with Crippen LogP contribution in [0.1, 0.15) is 23.1 Å². The first-order valence-electron chi connectivity index (χ1n) is 5.68. The molecule has 0 bridgehead atoms. The van der Waals surface area contributed by atoms with Crippen LogP contribution >= 0.6 is 0 Å². The van der Waals surface area contributed by atoms with E-state index in [0.717, 1.165) is 25.4 Å². The number of rotatable bonds is 3. The molecule has 1 atom stereocenters. The van der Waals surface area contributed by atoms with Gasteiger partial charge in [-0.15, -0.1) is 0 Å². The van der Waals surface area contributed by atoms with Gasteiger partial charge < -0.3 is 9.84 Å². The van der Waals surface area contributed by atoms with E-state index in [1.54, 1.807) is 6.07 Å². The van der Waals surface area contributed by atoms with Gasteiger partial charge in [-0.25, -0.2) is 9.78 Å². The smallest absolute Gasteiger partial charge is 0.354 e. The van der Waals surface area contributed by atoms with Gasteiger partial charge >= 0.3 is 5.97 Å². The Labute approximate surface area is 100 Å². The Balaban J connectivity index is 2.02. The topological polar surface area (TPSA) is 62.7 Å². The van der Waals surface area contributed by atoms with Gasteiger partial charge in [-0.3, -0.25) is 4.90 Å². The van der Waals surface area contributed by atoms with Gasteiger partial charge in [-0.1, -0.05) is 6.07 Å². The van der Waals surface area contributed by atoms with Crippen LogP contribution in [-0.2, 0) is 11.3 Å². The van der Waals surface area contributed by atoms with E-state index >= 15 is 0 Å². The lowest BCUT2D eigenvalue weighted by atomic mass is 10.2. The van der Waals surface area contributed by atoms with E-state index in [2.05, 4.69) is 9.88 Å². The van der Waals surface area contributed by atoms with Gasteiger partial charge in [0, 0.05) is 19.6 Å². The van der Waals surface area contributed by atoms with Gasteiger partial charge in [0.2, 0.25) is 0 Å². The molecule has 1 N–H and O–H groups in total. The summed E-state index contributed by atoms with van der Waals surface area (Å²) in [5.74, 6) is -0.984. The summed E-state index contributed by atoms with van der Waals surface area (Å²) in [5, 5.41) is 8.86. The highest BCUT2D eigenvalue weighted by molar-refractivity contribution is 5.85. The summed E-state index contributed by atoms with van der Waals surface area (Å²) in [7, 11) is 0. The lowest BCUT2D eigenvalue weighted by molar-refractivity contribution is -0.0216. The minimum absolute atomic E-state index is 0.101. The predicted octanol–water partition coefficient (Wildman–Crippen LogP) is 1.00. The standard InChI is InChI=1S/C12H16N2O3/c1-9-7-14(5-6-17-9)8-10-3-2-4-11(13-10)12(15)16/h2-4,9H,5-8H2,1H3,(H,15,16). The minimum atomic E-state index is -0.984. The van der Waals surface area contributed by atoms with Crippen LogP contribution < -0.4 is 0 Å². The molecule has 2 heterocycles. The van der Waals surface area contributed by atoms with E-state index in [0.29, 0.717) is 6.54 Å². The average Bonchev–Trinajstić information content (AvgIpc) is 2.29. The van der Waals surface area contributed by atoms with E-state index in [-0.39, 0.29) is 11.8 Å². The van der Waals surface area contributed by atoms with Crippen molar-refractivity contribution in [2.24, 2.45) is 0 Å². The van der Waals surface area contributed by atoms with Crippen LogP contribution in [-0.4, -0.2) is 46.8 Å². The van der Waals surface area contributed by atoms with Crippen molar-refractivity contribution in [3.05, 3.63) is 29.6 Å². The molecule has 1 aliphatic rings. The number of aromatic carboxylic acids is 1. The molecule has 0 aromatic carbocycles. The number of hydrogen-bond donors (Lipinski definition) is 1. The summed E-state index contributed by atoms with van der Waals surface area (Å²) in [6, 6.07) is 5.09.